The number of aromatic nitrogens is 2. The first-order valence-electron chi connectivity index (χ1n) is 22.4. The largest absolute Gasteiger partial charge is 0.396 e. The van der Waals surface area contributed by atoms with Gasteiger partial charge in [-0.15, -0.1) is 0 Å². The molecule has 0 saturated heterocycles. The van der Waals surface area contributed by atoms with Crippen LogP contribution in [0.25, 0.3) is 6.08 Å². The number of aliphatic hydroxyl groups is 1. The number of carbonyl (C=O) groups is 3. The maximum atomic E-state index is 15.4. The van der Waals surface area contributed by atoms with Crippen molar-refractivity contribution in [3.05, 3.63) is 89.6 Å². The van der Waals surface area contributed by atoms with Gasteiger partial charge in [0.05, 0.1) is 0 Å². The van der Waals surface area contributed by atoms with Crippen LogP contribution in [0.2, 0.25) is 0 Å². The lowest BCUT2D eigenvalue weighted by Gasteiger charge is -2.44. The van der Waals surface area contributed by atoms with Gasteiger partial charge in [-0.1, -0.05) is 61.7 Å². The zero-order valence-corrected chi connectivity index (χ0v) is 38.1. The van der Waals surface area contributed by atoms with Gasteiger partial charge in [0, 0.05) is 85.8 Å². The molecule has 9 unspecified atom stereocenters. The number of amides is 3. The van der Waals surface area contributed by atoms with Gasteiger partial charge in [-0.25, -0.2) is 4.98 Å². The third-order valence-electron chi connectivity index (χ3n) is 12.8. The first-order chi connectivity index (χ1) is 29.6. The Labute approximate surface area is 371 Å². The first kappa shape index (κ1) is 46.7. The van der Waals surface area contributed by atoms with E-state index >= 15 is 9.59 Å². The summed E-state index contributed by atoms with van der Waals surface area (Å²) in [5.41, 5.74) is 5.06. The highest BCUT2D eigenvalue weighted by atomic mass is 32.2. The fourth-order valence-electron chi connectivity index (χ4n) is 9.29. The number of H-pyrrole nitrogens is 1. The van der Waals surface area contributed by atoms with Crippen molar-refractivity contribution in [2.75, 3.05) is 27.2 Å². The van der Waals surface area contributed by atoms with E-state index in [0.717, 1.165) is 73.3 Å². The third kappa shape index (κ3) is 12.2. The number of hydrogen-bond donors (Lipinski definition) is 7. The molecule has 0 aromatic carbocycles. The molecule has 2 aromatic heterocycles. The number of rotatable bonds is 14. The van der Waals surface area contributed by atoms with Crippen LogP contribution in [0, 0.1) is 17.8 Å². The minimum Gasteiger partial charge on any atom is -0.396 e. The molecule has 7 N–H and O–H groups in total. The van der Waals surface area contributed by atoms with Gasteiger partial charge < -0.3 is 36.3 Å². The summed E-state index contributed by atoms with van der Waals surface area (Å²) in [6.45, 7) is 9.62. The molecule has 3 heterocycles. The summed E-state index contributed by atoms with van der Waals surface area (Å²) in [5, 5.41) is 25.1. The van der Waals surface area contributed by atoms with Crippen LogP contribution < -0.4 is 26.0 Å². The van der Waals surface area contributed by atoms with E-state index in [-0.39, 0.29) is 64.7 Å². The summed E-state index contributed by atoms with van der Waals surface area (Å²) in [6.07, 6.45) is 25.7. The van der Waals surface area contributed by atoms with Crippen LogP contribution >= 0.6 is 23.7 Å². The first-order valence-corrected chi connectivity index (χ1v) is 24.1. The zero-order valence-electron chi connectivity index (χ0n) is 36.5. The SMILES string of the molecule is C=C1NC(CCCCNC)C(=O)N(C)C(Cc2c[nH]c3c2CCC=C3)C(=O)NC2C(C3C=CC(SNC(C)=O)CC3)C=CC(CC)C2Sc2ncccc2CNC1CCCO. The van der Waals surface area contributed by atoms with E-state index in [1.807, 2.05) is 25.5 Å². The lowest BCUT2D eigenvalue weighted by atomic mass is 9.73. The fourth-order valence-corrected chi connectivity index (χ4v) is 11.6. The van der Waals surface area contributed by atoms with Crippen LogP contribution in [0.3, 0.4) is 0 Å². The summed E-state index contributed by atoms with van der Waals surface area (Å²) < 4.78 is 2.90. The fraction of sp³-hybridized carbons (Fsp3) is 0.574. The molecular formula is C47H68N8O4S2. The number of nitrogens with one attached hydrogen (secondary N) is 6. The zero-order chi connectivity index (χ0) is 43.3. The molecule has 0 radical (unpaired) electrons. The van der Waals surface area contributed by atoms with Gasteiger partial charge in [0.2, 0.25) is 17.7 Å². The van der Waals surface area contributed by atoms with Crippen molar-refractivity contribution < 1.29 is 19.5 Å². The van der Waals surface area contributed by atoms with Gasteiger partial charge in [-0.2, -0.15) is 0 Å². The predicted molar refractivity (Wildman–Crippen MR) is 248 cm³/mol. The Bertz CT molecular complexity index is 1900. The standard InChI is InChI=1S/C47H68N8O4S2/c1-6-32-20-23-38(33-18-21-36(22-19-33)61-54-31(3)57)43-44(32)60-46-34(13-11-25-49-46)28-50-39(17-12-26-56)30(2)52-41(16-9-10-24-48-4)47(59)55(5)42(45(58)53-43)27-35-29-51-40-15-8-7-14-37(35)40/h8,11,13,15,18,20-21,23,25,29,32-33,36,38-39,41-44,48,50-52,56H,2,6-7,9-10,12,14,16-17,19,22,24,26-28H2,1,3-5H3,(H,53,58)(H,54,57). The van der Waals surface area contributed by atoms with Crippen molar-refractivity contribution in [1.29, 1.82) is 0 Å². The van der Waals surface area contributed by atoms with Gasteiger partial charge in [-0.3, -0.25) is 19.1 Å². The molecule has 12 nitrogen and oxygen atoms in total. The normalized spacial score (nSPS) is 28.4. The van der Waals surface area contributed by atoms with Gasteiger partial charge >= 0.3 is 0 Å². The van der Waals surface area contributed by atoms with Gasteiger partial charge in [-0.05, 0) is 130 Å². The molecule has 3 amide bonds. The molecule has 0 saturated carbocycles. The topological polar surface area (TPSA) is 164 Å². The Hall–Kier alpha value is -3.82. The van der Waals surface area contributed by atoms with E-state index < -0.39 is 12.1 Å². The Morgan fingerprint density at radius 1 is 1.10 bits per heavy atom. The van der Waals surface area contributed by atoms with Crippen molar-refractivity contribution in [1.82, 2.24) is 40.9 Å². The summed E-state index contributed by atoms with van der Waals surface area (Å²) in [6, 6.07) is 2.19. The molecule has 2 aromatic rings. The quantitative estimate of drug-likeness (QED) is 0.0700. The molecule has 0 spiro atoms. The lowest BCUT2D eigenvalue weighted by Crippen LogP contribution is -2.59. The summed E-state index contributed by atoms with van der Waals surface area (Å²) in [5.74, 6) is -0.0455. The van der Waals surface area contributed by atoms with E-state index in [4.69, 9.17) is 4.98 Å². The number of carbonyl (C=O) groups excluding carboxylic acids is 3. The molecule has 1 aliphatic heterocycles. The summed E-state index contributed by atoms with van der Waals surface area (Å²) in [4.78, 5) is 52.2. The second kappa shape index (κ2) is 23.0. The molecular weight excluding hydrogens is 805 g/mol. The third-order valence-corrected chi connectivity index (χ3v) is 15.4. The van der Waals surface area contributed by atoms with Gasteiger partial charge in [0.25, 0.3) is 0 Å². The highest BCUT2D eigenvalue weighted by Crippen LogP contribution is 2.43. The van der Waals surface area contributed by atoms with Crippen molar-refractivity contribution in [3.8, 4) is 0 Å². The molecule has 61 heavy (non-hydrogen) atoms. The van der Waals surface area contributed by atoms with Gasteiger partial charge in [0.15, 0.2) is 0 Å². The second-order valence-electron chi connectivity index (χ2n) is 17.0. The summed E-state index contributed by atoms with van der Waals surface area (Å²) >= 11 is 3.20. The Morgan fingerprint density at radius 2 is 1.93 bits per heavy atom. The smallest absolute Gasteiger partial charge is 0.245 e. The number of thioether (sulfide) groups is 1. The minimum absolute atomic E-state index is 0.00373. The molecule has 14 heteroatoms. The van der Waals surface area contributed by atoms with Crippen molar-refractivity contribution in [3.63, 3.8) is 0 Å². The lowest BCUT2D eigenvalue weighted by molar-refractivity contribution is -0.141. The molecule has 9 atom stereocenters. The maximum absolute atomic E-state index is 15.4. The van der Waals surface area contributed by atoms with E-state index in [2.05, 4.69) is 87.0 Å². The van der Waals surface area contributed by atoms with Crippen LogP contribution in [-0.2, 0) is 33.8 Å². The number of unbranched alkanes of at least 4 members (excludes halogenated alkanes) is 1. The second-order valence-corrected chi connectivity index (χ2v) is 19.2. The molecule has 0 bridgehead atoms. The molecule has 4 aliphatic rings. The van der Waals surface area contributed by atoms with Gasteiger partial charge in [0.1, 0.15) is 17.1 Å². The van der Waals surface area contributed by atoms with Crippen LogP contribution in [0.4, 0.5) is 0 Å². The van der Waals surface area contributed by atoms with E-state index in [9.17, 15) is 9.90 Å². The monoisotopic (exact) mass is 872 g/mol. The number of pyridine rings is 1. The van der Waals surface area contributed by atoms with E-state index in [1.54, 1.807) is 23.7 Å². The van der Waals surface area contributed by atoms with E-state index in [0.29, 0.717) is 37.9 Å². The molecule has 6 rings (SSSR count). The van der Waals surface area contributed by atoms with E-state index in [1.165, 1.54) is 24.4 Å². The highest BCUT2D eigenvalue weighted by Gasteiger charge is 2.43. The Kier molecular flexibility index (Phi) is 17.6. The average molecular weight is 873 g/mol. The number of nitrogens with zero attached hydrogens (tertiary/aromatic N) is 2. The molecule has 3 aliphatic carbocycles. The number of aliphatic hydroxyl groups excluding tert-OH is 1. The minimum atomic E-state index is -0.785. The van der Waals surface area contributed by atoms with Crippen LogP contribution in [-0.4, -0.2) is 99.6 Å². The number of likely N-dealkylation sites (N-methyl/N-ethyl adjacent to an activating group) is 1. The van der Waals surface area contributed by atoms with Crippen LogP contribution in [0.15, 0.2) is 72.2 Å². The van der Waals surface area contributed by atoms with Crippen molar-refractivity contribution in [2.24, 2.45) is 17.8 Å². The van der Waals surface area contributed by atoms with Crippen molar-refractivity contribution in [2.45, 2.75) is 131 Å². The summed E-state index contributed by atoms with van der Waals surface area (Å²) in [7, 11) is 3.72. The number of hydrogen-bond acceptors (Lipinski definition) is 10. The maximum Gasteiger partial charge on any atom is 0.245 e. The van der Waals surface area contributed by atoms with Crippen molar-refractivity contribution >= 4 is 47.5 Å². The molecule has 0 fully saturated rings. The Balaban J connectivity index is 1.43. The Morgan fingerprint density at radius 3 is 2.69 bits per heavy atom. The number of allylic oxidation sites excluding steroid dienone is 3. The van der Waals surface area contributed by atoms with Crippen LogP contribution in [0.5, 0.6) is 0 Å². The predicted octanol–water partition coefficient (Wildman–Crippen LogP) is 5.82. The highest BCUT2D eigenvalue weighted by molar-refractivity contribution is 8.00. The molecule has 332 valence electrons. The number of aromatic amines is 1. The van der Waals surface area contributed by atoms with Crippen LogP contribution in [0.1, 0.15) is 94.0 Å². The number of fused-ring (bicyclic) bond motifs is 3. The average Bonchev–Trinajstić information content (AvgIpc) is 3.68.